The van der Waals surface area contributed by atoms with E-state index in [1.807, 2.05) is 56.3 Å². The van der Waals surface area contributed by atoms with E-state index in [4.69, 9.17) is 27.4 Å². The van der Waals surface area contributed by atoms with Gasteiger partial charge in [-0.3, -0.25) is 20.5 Å². The van der Waals surface area contributed by atoms with Crippen molar-refractivity contribution in [2.75, 3.05) is 11.4 Å². The third kappa shape index (κ3) is 4.93. The van der Waals surface area contributed by atoms with Crippen molar-refractivity contribution >= 4 is 46.9 Å². The minimum absolute atomic E-state index is 0.114. The Labute approximate surface area is 207 Å². The number of halogens is 2. The van der Waals surface area contributed by atoms with E-state index in [0.29, 0.717) is 5.82 Å². The summed E-state index contributed by atoms with van der Waals surface area (Å²) in [6.45, 7) is 4.23. The van der Waals surface area contributed by atoms with E-state index in [0.717, 1.165) is 51.4 Å². The van der Waals surface area contributed by atoms with E-state index in [1.54, 1.807) is 0 Å². The molecule has 4 N–H and O–H groups in total. The maximum atomic E-state index is 14.8. The van der Waals surface area contributed by atoms with Gasteiger partial charge in [-0.15, -0.1) is 0 Å². The van der Waals surface area contributed by atoms with Crippen LogP contribution in [-0.2, 0) is 0 Å². The molecule has 3 aromatic carbocycles. The van der Waals surface area contributed by atoms with Crippen molar-refractivity contribution < 1.29 is 9.18 Å². The number of nitrogens with zero attached hydrogens (tertiary/aromatic N) is 2. The van der Waals surface area contributed by atoms with Crippen LogP contribution < -0.4 is 10.2 Å². The number of benzene rings is 3. The van der Waals surface area contributed by atoms with Gasteiger partial charge in [0.1, 0.15) is 11.6 Å². The van der Waals surface area contributed by atoms with Crippen LogP contribution in [0.5, 0.6) is 0 Å². The molecule has 1 atom stereocenters. The number of rotatable bonds is 8. The molecule has 0 radical (unpaired) electrons. The fourth-order valence-electron chi connectivity index (χ4n) is 3.91. The molecule has 0 aliphatic rings. The molecule has 0 saturated carbocycles. The van der Waals surface area contributed by atoms with Crippen molar-refractivity contribution in [3.8, 4) is 0 Å². The summed E-state index contributed by atoms with van der Waals surface area (Å²) in [6.07, 6.45) is 1.69. The quantitative estimate of drug-likeness (QED) is 0.192. The highest BCUT2D eigenvalue weighted by Gasteiger charge is 2.23. The molecule has 4 rings (SSSR count). The van der Waals surface area contributed by atoms with E-state index in [2.05, 4.69) is 10.3 Å². The molecule has 1 unspecified atom stereocenters. The van der Waals surface area contributed by atoms with Gasteiger partial charge in [-0.1, -0.05) is 41.9 Å². The standard InChI is InChI=1S/C26H24ClFN6O/c1-15-8-22-23(9-16(15)2)33-25(32-22)19(17-6-4-3-5-7-17)12-31-26(35)24-20(27)10-18(11-21(24)28)34(13-29)14-30/h3-11,13-14,19,29-30H,12H2,1-2H3,(H,31,35)(H,32,33). The number of hydrogen-bond acceptors (Lipinski definition) is 4. The molecule has 0 aliphatic carbocycles. The number of carbonyl (C=O) groups is 1. The van der Waals surface area contributed by atoms with Crippen molar-refractivity contribution in [2.24, 2.45) is 0 Å². The summed E-state index contributed by atoms with van der Waals surface area (Å²) in [5, 5.41) is 17.3. The fraction of sp³-hybridized carbons (Fsp3) is 0.154. The summed E-state index contributed by atoms with van der Waals surface area (Å²) in [5.41, 5.74) is 4.84. The highest BCUT2D eigenvalue weighted by molar-refractivity contribution is 6.34. The fourth-order valence-corrected chi connectivity index (χ4v) is 4.20. The summed E-state index contributed by atoms with van der Waals surface area (Å²) in [7, 11) is 0. The minimum Gasteiger partial charge on any atom is -0.351 e. The Balaban J connectivity index is 1.64. The molecular weight excluding hydrogens is 467 g/mol. The van der Waals surface area contributed by atoms with Crippen LogP contribution in [0.15, 0.2) is 54.6 Å². The summed E-state index contributed by atoms with van der Waals surface area (Å²) in [6, 6.07) is 16.1. The number of H-pyrrole nitrogens is 1. The monoisotopic (exact) mass is 490 g/mol. The second-order valence-electron chi connectivity index (χ2n) is 8.20. The molecule has 0 bridgehead atoms. The van der Waals surface area contributed by atoms with Crippen molar-refractivity contribution in [3.05, 3.63) is 93.5 Å². The Morgan fingerprint density at radius 3 is 2.49 bits per heavy atom. The number of nitrogens with one attached hydrogen (secondary N) is 4. The molecule has 0 fully saturated rings. The summed E-state index contributed by atoms with van der Waals surface area (Å²) in [5.74, 6) is -1.13. The third-order valence-corrected chi connectivity index (χ3v) is 6.24. The number of carbonyl (C=O) groups excluding carboxylic acids is 1. The predicted octanol–water partition coefficient (Wildman–Crippen LogP) is 5.55. The first-order valence-electron chi connectivity index (χ1n) is 10.9. The smallest absolute Gasteiger partial charge is 0.255 e. The lowest BCUT2D eigenvalue weighted by Crippen LogP contribution is -2.30. The van der Waals surface area contributed by atoms with Crippen LogP contribution in [0.25, 0.3) is 11.0 Å². The van der Waals surface area contributed by atoms with Gasteiger partial charge in [0.25, 0.3) is 5.91 Å². The topological polar surface area (TPSA) is 109 Å². The summed E-state index contributed by atoms with van der Waals surface area (Å²) < 4.78 is 14.8. The first-order valence-corrected chi connectivity index (χ1v) is 11.3. The van der Waals surface area contributed by atoms with Crippen LogP contribution in [-0.4, -0.2) is 35.1 Å². The van der Waals surface area contributed by atoms with Crippen molar-refractivity contribution in [2.45, 2.75) is 19.8 Å². The number of imidazole rings is 1. The zero-order chi connectivity index (χ0) is 25.1. The first kappa shape index (κ1) is 24.1. The van der Waals surface area contributed by atoms with Crippen molar-refractivity contribution in [1.82, 2.24) is 15.3 Å². The number of anilines is 1. The highest BCUT2D eigenvalue weighted by Crippen LogP contribution is 2.28. The number of aryl methyl sites for hydroxylation is 2. The summed E-state index contributed by atoms with van der Waals surface area (Å²) in [4.78, 5) is 22.2. The maximum absolute atomic E-state index is 14.8. The molecule has 9 heteroatoms. The predicted molar refractivity (Wildman–Crippen MR) is 138 cm³/mol. The van der Waals surface area contributed by atoms with Crippen LogP contribution in [0.1, 0.15) is 38.8 Å². The minimum atomic E-state index is -0.843. The molecule has 0 spiro atoms. The second-order valence-corrected chi connectivity index (χ2v) is 8.61. The van der Waals surface area contributed by atoms with Crippen LogP contribution in [0, 0.1) is 30.5 Å². The maximum Gasteiger partial charge on any atom is 0.255 e. The lowest BCUT2D eigenvalue weighted by Gasteiger charge is -2.18. The average molecular weight is 491 g/mol. The molecule has 35 heavy (non-hydrogen) atoms. The van der Waals surface area contributed by atoms with Crippen LogP contribution in [0.3, 0.4) is 0 Å². The lowest BCUT2D eigenvalue weighted by molar-refractivity contribution is 0.0948. The van der Waals surface area contributed by atoms with Gasteiger partial charge in [0, 0.05) is 6.54 Å². The van der Waals surface area contributed by atoms with E-state index < -0.39 is 11.7 Å². The molecule has 178 valence electrons. The lowest BCUT2D eigenvalue weighted by atomic mass is 9.98. The van der Waals surface area contributed by atoms with Gasteiger partial charge in [0.05, 0.1) is 45.9 Å². The molecule has 1 amide bonds. The largest absolute Gasteiger partial charge is 0.351 e. The molecule has 1 heterocycles. The van der Waals surface area contributed by atoms with E-state index in [-0.39, 0.29) is 28.7 Å². The Kier molecular flexibility index (Phi) is 6.93. The van der Waals surface area contributed by atoms with Crippen LogP contribution in [0.4, 0.5) is 10.1 Å². The number of fused-ring (bicyclic) bond motifs is 1. The number of amides is 1. The van der Waals surface area contributed by atoms with Gasteiger partial charge < -0.3 is 10.3 Å². The number of aromatic amines is 1. The molecule has 1 aromatic heterocycles. The zero-order valence-electron chi connectivity index (χ0n) is 19.2. The average Bonchev–Trinajstić information content (AvgIpc) is 3.22. The Bertz CT molecular complexity index is 1350. The number of hydrogen-bond donors (Lipinski definition) is 4. The van der Waals surface area contributed by atoms with Gasteiger partial charge in [0.15, 0.2) is 0 Å². The van der Waals surface area contributed by atoms with Gasteiger partial charge in [-0.25, -0.2) is 9.37 Å². The Morgan fingerprint density at radius 1 is 1.14 bits per heavy atom. The highest BCUT2D eigenvalue weighted by atomic mass is 35.5. The van der Waals surface area contributed by atoms with E-state index in [1.165, 1.54) is 6.07 Å². The molecule has 0 aliphatic heterocycles. The van der Waals surface area contributed by atoms with Crippen molar-refractivity contribution in [3.63, 3.8) is 0 Å². The van der Waals surface area contributed by atoms with Crippen LogP contribution >= 0.6 is 11.6 Å². The van der Waals surface area contributed by atoms with E-state index >= 15 is 0 Å². The Morgan fingerprint density at radius 2 is 1.83 bits per heavy atom. The van der Waals surface area contributed by atoms with Gasteiger partial charge in [-0.2, -0.15) is 0 Å². The Hall–Kier alpha value is -4.04. The SMILES string of the molecule is Cc1cc2nc(C(CNC(=O)c3c(F)cc(N(C=N)C=N)cc3Cl)c3ccccc3)[nH]c2cc1C. The summed E-state index contributed by atoms with van der Waals surface area (Å²) >= 11 is 6.22. The first-order chi connectivity index (χ1) is 16.8. The molecular formula is C26H24ClFN6O. The molecule has 0 saturated heterocycles. The molecule has 4 aromatic rings. The normalized spacial score (nSPS) is 11.8. The van der Waals surface area contributed by atoms with Crippen LogP contribution in [0.2, 0.25) is 5.02 Å². The van der Waals surface area contributed by atoms with Gasteiger partial charge >= 0.3 is 0 Å². The number of aromatic nitrogens is 2. The third-order valence-electron chi connectivity index (χ3n) is 5.94. The second kappa shape index (κ2) is 10.1. The van der Waals surface area contributed by atoms with Gasteiger partial charge in [-0.05, 0) is 54.8 Å². The zero-order valence-corrected chi connectivity index (χ0v) is 19.9. The molecule has 7 nitrogen and oxygen atoms in total. The van der Waals surface area contributed by atoms with Crippen molar-refractivity contribution in [1.29, 1.82) is 10.8 Å². The van der Waals surface area contributed by atoms with Gasteiger partial charge in [0.2, 0.25) is 0 Å². The van der Waals surface area contributed by atoms with E-state index in [9.17, 15) is 9.18 Å².